The normalized spacial score (nSPS) is 14.4. The SMILES string of the molecule is C=CC(=O)N=C1CCC=C(c2ccc3ncnc(Nc4ccc(Oc5cc6nncn6cn5)c(C)c4)c3c2)C1. The zero-order valence-electron chi connectivity index (χ0n) is 21.2. The lowest BCUT2D eigenvalue weighted by molar-refractivity contribution is -0.113. The molecule has 0 unspecified atom stereocenters. The smallest absolute Gasteiger partial charge is 0.269 e. The predicted octanol–water partition coefficient (Wildman–Crippen LogP) is 5.63. The number of carbonyl (C=O) groups excluding carboxylic acids is 1. The Bertz CT molecular complexity index is 1800. The molecule has 0 saturated carbocycles. The third-order valence-corrected chi connectivity index (χ3v) is 6.48. The molecule has 0 bridgehead atoms. The predicted molar refractivity (Wildman–Crippen MR) is 149 cm³/mol. The van der Waals surface area contributed by atoms with E-state index in [4.69, 9.17) is 4.74 Å². The second-order valence-electron chi connectivity index (χ2n) is 9.15. The first-order valence-electron chi connectivity index (χ1n) is 12.4. The van der Waals surface area contributed by atoms with Crippen LogP contribution in [0.5, 0.6) is 11.6 Å². The number of nitrogens with zero attached hydrogens (tertiary/aromatic N) is 7. The number of hydrogen-bond acceptors (Lipinski definition) is 8. The Morgan fingerprint density at radius 3 is 2.92 bits per heavy atom. The lowest BCUT2D eigenvalue weighted by Crippen LogP contribution is -2.07. The fourth-order valence-corrected chi connectivity index (χ4v) is 4.52. The highest BCUT2D eigenvalue weighted by Gasteiger charge is 2.15. The van der Waals surface area contributed by atoms with Crippen LogP contribution in [0.15, 0.2) is 85.2 Å². The van der Waals surface area contributed by atoms with Crippen LogP contribution in [0, 0.1) is 6.92 Å². The van der Waals surface area contributed by atoms with E-state index >= 15 is 0 Å². The van der Waals surface area contributed by atoms with Gasteiger partial charge >= 0.3 is 0 Å². The van der Waals surface area contributed by atoms with Crippen LogP contribution in [0.1, 0.15) is 30.4 Å². The number of hydrogen-bond donors (Lipinski definition) is 1. The molecule has 0 saturated heterocycles. The molecule has 1 aliphatic rings. The molecule has 39 heavy (non-hydrogen) atoms. The number of benzene rings is 2. The first kappa shape index (κ1) is 24.1. The molecule has 1 amide bonds. The Hall–Kier alpha value is -5.25. The zero-order chi connectivity index (χ0) is 26.8. The first-order chi connectivity index (χ1) is 19.1. The average Bonchev–Trinajstić information content (AvgIpc) is 3.43. The molecule has 1 N–H and O–H groups in total. The van der Waals surface area contributed by atoms with Crippen molar-refractivity contribution in [3.8, 4) is 11.6 Å². The monoisotopic (exact) mass is 516 g/mol. The van der Waals surface area contributed by atoms with Crippen molar-refractivity contribution in [1.29, 1.82) is 0 Å². The van der Waals surface area contributed by atoms with Crippen LogP contribution < -0.4 is 10.1 Å². The van der Waals surface area contributed by atoms with Gasteiger partial charge in [-0.25, -0.2) is 19.9 Å². The maximum atomic E-state index is 11.7. The van der Waals surface area contributed by atoms with Crippen LogP contribution in [0.2, 0.25) is 0 Å². The van der Waals surface area contributed by atoms with E-state index in [1.165, 1.54) is 6.08 Å². The standard InChI is InChI=1S/C29H24N8O2/c1-3-27(38)34-21-6-4-5-19(12-21)20-7-9-24-23(13-20)29(31-15-30-24)35-22-8-10-25(18(2)11-22)39-28-14-26-36-33-17-37(26)16-32-28/h3,5,7-11,13-17H,1,4,6,12H2,2H3,(H,30,31,35). The average molecular weight is 517 g/mol. The topological polar surface area (TPSA) is 120 Å². The number of carbonyl (C=O) groups is 1. The van der Waals surface area contributed by atoms with Crippen LogP contribution in [0.3, 0.4) is 0 Å². The van der Waals surface area contributed by atoms with Gasteiger partial charge in [0.1, 0.15) is 30.5 Å². The Labute approximate surface area is 223 Å². The summed E-state index contributed by atoms with van der Waals surface area (Å²) in [7, 11) is 0. The van der Waals surface area contributed by atoms with Gasteiger partial charge < -0.3 is 10.1 Å². The molecule has 3 aromatic heterocycles. The quantitative estimate of drug-likeness (QED) is 0.288. The van der Waals surface area contributed by atoms with Crippen LogP contribution in [0.25, 0.3) is 22.1 Å². The summed E-state index contributed by atoms with van der Waals surface area (Å²) in [5.74, 6) is 1.51. The molecule has 5 aromatic rings. The Morgan fingerprint density at radius 1 is 1.13 bits per heavy atom. The number of aryl methyl sites for hydroxylation is 1. The second-order valence-corrected chi connectivity index (χ2v) is 9.15. The van der Waals surface area contributed by atoms with Gasteiger partial charge in [0, 0.05) is 29.3 Å². The highest BCUT2D eigenvalue weighted by atomic mass is 16.5. The second kappa shape index (κ2) is 10.3. The minimum absolute atomic E-state index is 0.302. The van der Waals surface area contributed by atoms with Crippen molar-refractivity contribution in [3.63, 3.8) is 0 Å². The lowest BCUT2D eigenvalue weighted by Gasteiger charge is -2.16. The molecule has 192 valence electrons. The van der Waals surface area contributed by atoms with Gasteiger partial charge in [-0.1, -0.05) is 18.7 Å². The van der Waals surface area contributed by atoms with Crippen LogP contribution in [-0.4, -0.2) is 41.2 Å². The van der Waals surface area contributed by atoms with Gasteiger partial charge in [0.2, 0.25) is 5.88 Å². The van der Waals surface area contributed by atoms with Crippen molar-refractivity contribution >= 4 is 45.2 Å². The summed E-state index contributed by atoms with van der Waals surface area (Å²) in [6.45, 7) is 5.48. The summed E-state index contributed by atoms with van der Waals surface area (Å²) in [5.41, 5.74) is 6.32. The molecule has 0 radical (unpaired) electrons. The number of aromatic nitrogens is 6. The lowest BCUT2D eigenvalue weighted by atomic mass is 9.91. The van der Waals surface area contributed by atoms with Crippen LogP contribution in [0.4, 0.5) is 11.5 Å². The van der Waals surface area contributed by atoms with E-state index in [-0.39, 0.29) is 5.91 Å². The molecular formula is C29H24N8O2. The molecule has 0 spiro atoms. The summed E-state index contributed by atoms with van der Waals surface area (Å²) in [6, 6.07) is 13.7. The number of rotatable bonds is 6. The fraction of sp³-hybridized carbons (Fsp3) is 0.138. The summed E-state index contributed by atoms with van der Waals surface area (Å²) in [6.07, 6.45) is 10.4. The van der Waals surface area contributed by atoms with Gasteiger partial charge in [-0.05, 0) is 72.9 Å². The molecule has 2 aromatic carbocycles. The molecule has 0 aliphatic heterocycles. The van der Waals surface area contributed by atoms with Crippen molar-refractivity contribution in [3.05, 3.63) is 91.3 Å². The highest BCUT2D eigenvalue weighted by Crippen LogP contribution is 2.32. The number of nitrogens with one attached hydrogen (secondary N) is 1. The highest BCUT2D eigenvalue weighted by molar-refractivity contribution is 6.05. The summed E-state index contributed by atoms with van der Waals surface area (Å²) in [4.78, 5) is 29.2. The molecule has 6 rings (SSSR count). The molecule has 3 heterocycles. The minimum atomic E-state index is -0.302. The van der Waals surface area contributed by atoms with Gasteiger partial charge in [-0.3, -0.25) is 9.20 Å². The largest absolute Gasteiger partial charge is 0.439 e. The number of aliphatic imine (C=N–C) groups is 1. The maximum absolute atomic E-state index is 11.7. The van der Waals surface area contributed by atoms with E-state index in [1.54, 1.807) is 29.4 Å². The molecule has 1 aliphatic carbocycles. The third kappa shape index (κ3) is 5.12. The van der Waals surface area contributed by atoms with Crippen molar-refractivity contribution in [2.45, 2.75) is 26.2 Å². The van der Waals surface area contributed by atoms with E-state index in [0.717, 1.165) is 51.8 Å². The van der Waals surface area contributed by atoms with E-state index in [0.29, 0.717) is 29.5 Å². The van der Waals surface area contributed by atoms with E-state index < -0.39 is 0 Å². The van der Waals surface area contributed by atoms with Crippen molar-refractivity contribution < 1.29 is 9.53 Å². The van der Waals surface area contributed by atoms with Crippen molar-refractivity contribution in [1.82, 2.24) is 29.5 Å². The summed E-state index contributed by atoms with van der Waals surface area (Å²) >= 11 is 0. The fourth-order valence-electron chi connectivity index (χ4n) is 4.52. The summed E-state index contributed by atoms with van der Waals surface area (Å²) in [5, 5.41) is 12.2. The van der Waals surface area contributed by atoms with E-state index in [1.807, 2.05) is 37.3 Å². The number of ether oxygens (including phenoxy) is 1. The zero-order valence-corrected chi connectivity index (χ0v) is 21.2. The Kier molecular flexibility index (Phi) is 6.34. The minimum Gasteiger partial charge on any atom is -0.439 e. The molecule has 0 fully saturated rings. The maximum Gasteiger partial charge on any atom is 0.269 e. The molecular weight excluding hydrogens is 492 g/mol. The Balaban J connectivity index is 1.25. The molecule has 0 atom stereocenters. The van der Waals surface area contributed by atoms with Gasteiger partial charge in [0.15, 0.2) is 5.65 Å². The number of fused-ring (bicyclic) bond motifs is 2. The molecule has 10 heteroatoms. The first-order valence-corrected chi connectivity index (χ1v) is 12.4. The van der Waals surface area contributed by atoms with Gasteiger partial charge in [0.05, 0.1) is 5.52 Å². The van der Waals surface area contributed by atoms with Crippen LogP contribution >= 0.6 is 0 Å². The molecule has 10 nitrogen and oxygen atoms in total. The summed E-state index contributed by atoms with van der Waals surface area (Å²) < 4.78 is 7.71. The van der Waals surface area contributed by atoms with Gasteiger partial charge in [-0.2, -0.15) is 0 Å². The van der Waals surface area contributed by atoms with Crippen molar-refractivity contribution in [2.75, 3.05) is 5.32 Å². The number of allylic oxidation sites excluding steroid dienone is 2. The van der Waals surface area contributed by atoms with Gasteiger partial charge in [-0.15, -0.1) is 10.2 Å². The third-order valence-electron chi connectivity index (χ3n) is 6.48. The van der Waals surface area contributed by atoms with E-state index in [2.05, 4.69) is 54.2 Å². The number of anilines is 2. The van der Waals surface area contributed by atoms with Gasteiger partial charge in [0.25, 0.3) is 5.91 Å². The van der Waals surface area contributed by atoms with E-state index in [9.17, 15) is 4.79 Å². The van der Waals surface area contributed by atoms with Crippen molar-refractivity contribution in [2.24, 2.45) is 4.99 Å². The Morgan fingerprint density at radius 2 is 2.05 bits per heavy atom. The number of amides is 1. The van der Waals surface area contributed by atoms with Crippen LogP contribution in [-0.2, 0) is 4.79 Å².